The molecule has 0 fully saturated rings. The summed E-state index contributed by atoms with van der Waals surface area (Å²) in [5, 5.41) is 12.0. The Morgan fingerprint density at radius 2 is 2.45 bits per heavy atom. The van der Waals surface area contributed by atoms with Gasteiger partial charge in [0.1, 0.15) is 5.82 Å². The van der Waals surface area contributed by atoms with Crippen LogP contribution in [-0.4, -0.2) is 11.5 Å². The summed E-state index contributed by atoms with van der Waals surface area (Å²) in [5.74, 6) is 0.523. The lowest BCUT2D eigenvalue weighted by molar-refractivity contribution is 1.03. The second kappa shape index (κ2) is 2.36. The first-order chi connectivity index (χ1) is 5.38. The van der Waals surface area contributed by atoms with Gasteiger partial charge in [-0.15, -0.1) is 0 Å². The average molecular weight is 147 g/mol. The zero-order valence-corrected chi connectivity index (χ0v) is 5.90. The number of hydroxylamine groups is 1. The minimum atomic E-state index is 0.407. The Labute approximate surface area is 64.6 Å². The predicted molar refractivity (Wildman–Crippen MR) is 44.0 cm³/mol. The molecule has 0 bridgehead atoms. The first kappa shape index (κ1) is 6.37. The van der Waals surface area contributed by atoms with Crippen LogP contribution < -0.4 is 5.06 Å². The third-order valence-electron chi connectivity index (χ3n) is 1.62. The normalized spacial score (nSPS) is 14.8. The molecule has 2 heterocycles. The minimum Gasteiger partial charge on any atom is -0.757 e. The summed E-state index contributed by atoms with van der Waals surface area (Å²) in [6.07, 6.45) is 5.37. The Bertz CT molecular complexity index is 296. The maximum atomic E-state index is 11.1. The first-order valence-electron chi connectivity index (χ1n) is 3.44. The Balaban J connectivity index is 2.54. The van der Waals surface area contributed by atoms with Gasteiger partial charge in [-0.05, 0) is 12.1 Å². The third kappa shape index (κ3) is 0.991. The lowest BCUT2D eigenvalue weighted by Gasteiger charge is -2.31. The maximum Gasteiger partial charge on any atom is 0.125 e. The molecule has 1 aromatic rings. The van der Waals surface area contributed by atoms with Crippen molar-refractivity contribution in [2.24, 2.45) is 0 Å². The predicted octanol–water partition coefficient (Wildman–Crippen LogP) is 1.41. The summed E-state index contributed by atoms with van der Waals surface area (Å²) in [4.78, 5) is 3.96. The summed E-state index contributed by atoms with van der Waals surface area (Å²) in [6.45, 7) is 0.407. The standard InChI is InChI=1S/C8H7N2O/c11-10-6-2-4-7-3-1-5-9-8(7)10/h1-5H,6H2/q-1. The lowest BCUT2D eigenvalue weighted by atomic mass is 10.2. The lowest BCUT2D eigenvalue weighted by Crippen LogP contribution is -2.19. The molecule has 1 aromatic heterocycles. The van der Waals surface area contributed by atoms with E-state index >= 15 is 0 Å². The molecule has 2 rings (SSSR count). The van der Waals surface area contributed by atoms with E-state index in [1.54, 1.807) is 6.20 Å². The molecule has 0 N–H and O–H groups in total. The van der Waals surface area contributed by atoms with Gasteiger partial charge in [0.2, 0.25) is 0 Å². The monoisotopic (exact) mass is 147 g/mol. The molecule has 0 unspecified atom stereocenters. The molecule has 0 aliphatic carbocycles. The van der Waals surface area contributed by atoms with Crippen LogP contribution in [0.4, 0.5) is 5.82 Å². The summed E-state index contributed by atoms with van der Waals surface area (Å²) in [7, 11) is 0. The van der Waals surface area contributed by atoms with Crippen molar-refractivity contribution in [2.45, 2.75) is 0 Å². The van der Waals surface area contributed by atoms with E-state index in [4.69, 9.17) is 0 Å². The molecule has 0 aromatic carbocycles. The van der Waals surface area contributed by atoms with Crippen LogP contribution >= 0.6 is 0 Å². The second-order valence-corrected chi connectivity index (χ2v) is 2.38. The number of hydrogen-bond donors (Lipinski definition) is 0. The Morgan fingerprint density at radius 1 is 1.55 bits per heavy atom. The molecule has 1 aliphatic rings. The first-order valence-corrected chi connectivity index (χ1v) is 3.44. The summed E-state index contributed by atoms with van der Waals surface area (Å²) in [5.41, 5.74) is 0.897. The van der Waals surface area contributed by atoms with Crippen LogP contribution in [-0.2, 0) is 0 Å². The van der Waals surface area contributed by atoms with Gasteiger partial charge >= 0.3 is 0 Å². The fraction of sp³-hybridized carbons (Fsp3) is 0.125. The quantitative estimate of drug-likeness (QED) is 0.557. The van der Waals surface area contributed by atoms with Gasteiger partial charge in [0, 0.05) is 18.3 Å². The number of anilines is 1. The van der Waals surface area contributed by atoms with Crippen molar-refractivity contribution < 1.29 is 0 Å². The van der Waals surface area contributed by atoms with Crippen molar-refractivity contribution in [3.05, 3.63) is 35.2 Å². The van der Waals surface area contributed by atoms with Crippen LogP contribution in [0, 0.1) is 5.21 Å². The maximum absolute atomic E-state index is 11.1. The van der Waals surface area contributed by atoms with Crippen LogP contribution in [0.3, 0.4) is 0 Å². The largest absolute Gasteiger partial charge is 0.757 e. The van der Waals surface area contributed by atoms with Gasteiger partial charge in [0.05, 0.1) is 0 Å². The topological polar surface area (TPSA) is 39.2 Å². The highest BCUT2D eigenvalue weighted by atomic mass is 16.5. The minimum absolute atomic E-state index is 0.407. The number of aromatic nitrogens is 1. The van der Waals surface area contributed by atoms with Crippen molar-refractivity contribution in [2.75, 3.05) is 11.6 Å². The molecule has 0 spiro atoms. The number of rotatable bonds is 0. The van der Waals surface area contributed by atoms with E-state index in [2.05, 4.69) is 4.98 Å². The summed E-state index contributed by atoms with van der Waals surface area (Å²) >= 11 is 0. The van der Waals surface area contributed by atoms with Crippen LogP contribution in [0.5, 0.6) is 0 Å². The highest BCUT2D eigenvalue weighted by molar-refractivity contribution is 5.67. The Morgan fingerprint density at radius 3 is 3.27 bits per heavy atom. The highest BCUT2D eigenvalue weighted by Crippen LogP contribution is 2.20. The van der Waals surface area contributed by atoms with Gasteiger partial charge in [-0.3, -0.25) is 0 Å². The molecule has 3 nitrogen and oxygen atoms in total. The molecular formula is C8H7N2O-. The van der Waals surface area contributed by atoms with Crippen molar-refractivity contribution in [3.63, 3.8) is 0 Å². The molecule has 0 saturated heterocycles. The number of nitrogens with zero attached hydrogens (tertiary/aromatic N) is 2. The van der Waals surface area contributed by atoms with E-state index in [1.165, 1.54) is 0 Å². The Kier molecular flexibility index (Phi) is 1.36. The number of fused-ring (bicyclic) bond motifs is 1. The van der Waals surface area contributed by atoms with Crippen LogP contribution in [0.25, 0.3) is 6.08 Å². The molecule has 0 radical (unpaired) electrons. The SMILES string of the molecule is [O-]N1CC=Cc2cccnc21. The van der Waals surface area contributed by atoms with Crippen LogP contribution in [0.1, 0.15) is 5.56 Å². The van der Waals surface area contributed by atoms with Gasteiger partial charge in [0.25, 0.3) is 0 Å². The molecule has 1 aliphatic heterocycles. The van der Waals surface area contributed by atoms with Crippen LogP contribution in [0.15, 0.2) is 24.4 Å². The highest BCUT2D eigenvalue weighted by Gasteiger charge is 2.04. The smallest absolute Gasteiger partial charge is 0.125 e. The van der Waals surface area contributed by atoms with E-state index in [9.17, 15) is 5.21 Å². The molecule has 11 heavy (non-hydrogen) atoms. The van der Waals surface area contributed by atoms with Gasteiger partial charge < -0.3 is 10.3 Å². The van der Waals surface area contributed by atoms with Gasteiger partial charge in [-0.1, -0.05) is 12.2 Å². The van der Waals surface area contributed by atoms with Gasteiger partial charge in [-0.25, -0.2) is 4.98 Å². The van der Waals surface area contributed by atoms with E-state index in [0.717, 1.165) is 10.6 Å². The van der Waals surface area contributed by atoms with E-state index in [0.29, 0.717) is 12.4 Å². The van der Waals surface area contributed by atoms with E-state index in [-0.39, 0.29) is 0 Å². The molecule has 0 amide bonds. The molecule has 3 heteroatoms. The summed E-state index contributed by atoms with van der Waals surface area (Å²) in [6, 6.07) is 3.70. The molecule has 56 valence electrons. The molecule has 0 saturated carbocycles. The molecular weight excluding hydrogens is 140 g/mol. The van der Waals surface area contributed by atoms with Crippen molar-refractivity contribution in [3.8, 4) is 0 Å². The molecule has 0 atom stereocenters. The fourth-order valence-corrected chi connectivity index (χ4v) is 1.11. The van der Waals surface area contributed by atoms with Crippen molar-refractivity contribution in [1.29, 1.82) is 0 Å². The van der Waals surface area contributed by atoms with Crippen LogP contribution in [0.2, 0.25) is 0 Å². The van der Waals surface area contributed by atoms with Gasteiger partial charge in [0.15, 0.2) is 0 Å². The summed E-state index contributed by atoms with van der Waals surface area (Å²) < 4.78 is 0. The zero-order chi connectivity index (χ0) is 7.68. The zero-order valence-electron chi connectivity index (χ0n) is 5.90. The average Bonchev–Trinajstić information content (AvgIpc) is 2.06. The van der Waals surface area contributed by atoms with E-state index in [1.807, 2.05) is 24.3 Å². The number of hydrogen-bond acceptors (Lipinski definition) is 3. The Hall–Kier alpha value is -1.35. The van der Waals surface area contributed by atoms with Gasteiger partial charge in [-0.2, -0.15) is 0 Å². The third-order valence-corrected chi connectivity index (χ3v) is 1.62. The van der Waals surface area contributed by atoms with Crippen molar-refractivity contribution in [1.82, 2.24) is 4.98 Å². The fourth-order valence-electron chi connectivity index (χ4n) is 1.11. The van der Waals surface area contributed by atoms with E-state index < -0.39 is 0 Å². The van der Waals surface area contributed by atoms with Crippen molar-refractivity contribution >= 4 is 11.9 Å². The number of pyridine rings is 1. The second-order valence-electron chi connectivity index (χ2n) is 2.38.